The van der Waals surface area contributed by atoms with Crippen molar-refractivity contribution in [3.8, 4) is 0 Å². The van der Waals surface area contributed by atoms with Gasteiger partial charge in [0.2, 0.25) is 5.91 Å². The lowest BCUT2D eigenvalue weighted by molar-refractivity contribution is -0.118. The molecule has 1 saturated carbocycles. The van der Waals surface area contributed by atoms with Gasteiger partial charge < -0.3 is 11.1 Å². The third kappa shape index (κ3) is 4.51. The quantitative estimate of drug-likeness (QED) is 0.827. The molecule has 0 bridgehead atoms. The van der Waals surface area contributed by atoms with Crippen LogP contribution in [-0.2, 0) is 24.3 Å². The van der Waals surface area contributed by atoms with Gasteiger partial charge in [-0.25, -0.2) is 4.98 Å². The number of halogens is 2. The summed E-state index contributed by atoms with van der Waals surface area (Å²) in [6, 6.07) is 10.5. The first-order valence-electron chi connectivity index (χ1n) is 7.98. The van der Waals surface area contributed by atoms with Gasteiger partial charge in [-0.15, -0.1) is 36.2 Å². The Labute approximate surface area is 163 Å². The van der Waals surface area contributed by atoms with Gasteiger partial charge >= 0.3 is 0 Å². The van der Waals surface area contributed by atoms with E-state index in [9.17, 15) is 4.79 Å². The maximum absolute atomic E-state index is 12.0. The zero-order valence-corrected chi connectivity index (χ0v) is 16.2. The molecule has 1 fully saturated rings. The number of nitrogens with zero attached hydrogens (tertiary/aromatic N) is 2. The molecular weight excluding hydrogens is 379 g/mol. The minimum Gasteiger partial charge on any atom is -0.317 e. The largest absolute Gasteiger partial charge is 0.317 e. The average molecular weight is 401 g/mol. The zero-order valence-electron chi connectivity index (χ0n) is 13.7. The summed E-state index contributed by atoms with van der Waals surface area (Å²) >= 11 is 1.58. The number of anilines is 1. The lowest BCUT2D eigenvalue weighted by atomic mass is 10.1. The summed E-state index contributed by atoms with van der Waals surface area (Å²) in [7, 11) is 0. The monoisotopic (exact) mass is 400 g/mol. The second-order valence-electron chi connectivity index (χ2n) is 6.45. The Morgan fingerprint density at radius 2 is 2.00 bits per heavy atom. The van der Waals surface area contributed by atoms with Crippen molar-refractivity contribution >= 4 is 47.2 Å². The Morgan fingerprint density at radius 3 is 2.68 bits per heavy atom. The molecule has 1 aliphatic heterocycles. The third-order valence-corrected chi connectivity index (χ3v) is 5.52. The number of hydrogen-bond acceptors (Lipinski definition) is 5. The van der Waals surface area contributed by atoms with Crippen molar-refractivity contribution in [2.75, 3.05) is 11.9 Å². The molecule has 2 aliphatic rings. The molecule has 1 aromatic carbocycles. The number of rotatable bonds is 4. The van der Waals surface area contributed by atoms with Gasteiger partial charge in [0.15, 0.2) is 5.13 Å². The molecule has 25 heavy (non-hydrogen) atoms. The molecule has 3 N–H and O–H groups in total. The van der Waals surface area contributed by atoms with Crippen LogP contribution in [0.1, 0.15) is 29.0 Å². The van der Waals surface area contributed by atoms with Crippen molar-refractivity contribution < 1.29 is 4.79 Å². The molecule has 2 aromatic rings. The lowest BCUT2D eigenvalue weighted by Crippen LogP contribution is -2.37. The highest BCUT2D eigenvalue weighted by atomic mass is 35.5. The predicted molar refractivity (Wildman–Crippen MR) is 106 cm³/mol. The number of nitrogens with two attached hydrogens (primary N) is 1. The fourth-order valence-corrected chi connectivity index (χ4v) is 3.91. The van der Waals surface area contributed by atoms with E-state index in [1.54, 1.807) is 11.3 Å². The highest BCUT2D eigenvalue weighted by Gasteiger charge is 2.46. The summed E-state index contributed by atoms with van der Waals surface area (Å²) in [5, 5.41) is 3.58. The second kappa shape index (κ2) is 8.01. The third-order valence-electron chi connectivity index (χ3n) is 4.52. The Balaban J connectivity index is 0.00000113. The number of carbonyl (C=O) groups is 1. The van der Waals surface area contributed by atoms with Gasteiger partial charge in [-0.3, -0.25) is 9.69 Å². The van der Waals surface area contributed by atoms with Crippen molar-refractivity contribution in [2.24, 2.45) is 5.73 Å². The number of hydrogen-bond donors (Lipinski definition) is 2. The topological polar surface area (TPSA) is 71.2 Å². The Kier molecular flexibility index (Phi) is 6.45. The van der Waals surface area contributed by atoms with E-state index in [2.05, 4.69) is 39.5 Å². The van der Waals surface area contributed by atoms with Gasteiger partial charge in [-0.2, -0.15) is 0 Å². The van der Waals surface area contributed by atoms with E-state index >= 15 is 0 Å². The van der Waals surface area contributed by atoms with Gasteiger partial charge in [0.1, 0.15) is 0 Å². The fraction of sp³-hybridized carbons (Fsp3) is 0.412. The maximum Gasteiger partial charge on any atom is 0.246 e. The molecule has 2 heterocycles. The van der Waals surface area contributed by atoms with Crippen LogP contribution in [0.15, 0.2) is 30.3 Å². The first kappa shape index (κ1) is 20.1. The summed E-state index contributed by atoms with van der Waals surface area (Å²) in [6.45, 7) is 2.84. The fourth-order valence-electron chi connectivity index (χ4n) is 2.86. The van der Waals surface area contributed by atoms with Crippen LogP contribution in [0.5, 0.6) is 0 Å². The van der Waals surface area contributed by atoms with E-state index in [4.69, 9.17) is 5.73 Å². The number of fused-ring (bicyclic) bond motifs is 1. The number of nitrogens with one attached hydrogen (secondary N) is 1. The summed E-state index contributed by atoms with van der Waals surface area (Å²) in [4.78, 5) is 20.3. The number of aromatic nitrogens is 1. The number of amides is 1. The van der Waals surface area contributed by atoms with E-state index in [-0.39, 0.29) is 30.7 Å². The van der Waals surface area contributed by atoms with Crippen molar-refractivity contribution in [1.82, 2.24) is 9.88 Å². The van der Waals surface area contributed by atoms with Gasteiger partial charge in [-0.1, -0.05) is 30.3 Å². The van der Waals surface area contributed by atoms with Crippen LogP contribution in [0.3, 0.4) is 0 Å². The highest BCUT2D eigenvalue weighted by Crippen LogP contribution is 2.35. The van der Waals surface area contributed by atoms with Gasteiger partial charge in [0.05, 0.1) is 11.2 Å². The van der Waals surface area contributed by atoms with Crippen molar-refractivity contribution in [3.05, 3.63) is 46.5 Å². The first-order valence-corrected chi connectivity index (χ1v) is 8.79. The van der Waals surface area contributed by atoms with Crippen molar-refractivity contribution in [1.29, 1.82) is 0 Å². The summed E-state index contributed by atoms with van der Waals surface area (Å²) < 4.78 is 0. The normalized spacial score (nSPS) is 17.6. The first-order chi connectivity index (χ1) is 11.1. The molecular formula is C17H22Cl2N4OS. The van der Waals surface area contributed by atoms with E-state index in [1.165, 1.54) is 10.4 Å². The molecule has 0 saturated heterocycles. The Morgan fingerprint density at radius 1 is 1.28 bits per heavy atom. The molecule has 0 unspecified atom stereocenters. The molecule has 4 rings (SSSR count). The molecule has 5 nitrogen and oxygen atoms in total. The molecule has 0 spiro atoms. The Hall–Kier alpha value is -1.18. The Bertz CT molecular complexity index is 734. The van der Waals surface area contributed by atoms with Gasteiger partial charge in [-0.05, 0) is 18.4 Å². The van der Waals surface area contributed by atoms with Crippen LogP contribution < -0.4 is 11.1 Å². The molecule has 8 heteroatoms. The van der Waals surface area contributed by atoms with E-state index in [0.29, 0.717) is 5.13 Å². The zero-order chi connectivity index (χ0) is 15.9. The van der Waals surface area contributed by atoms with Crippen LogP contribution in [-0.4, -0.2) is 27.9 Å². The SMILES string of the molecule is Cl.Cl.NC1(C(=O)Nc2nc3c(s2)CN(Cc2ccccc2)CC3)CC1. The molecule has 1 aliphatic carbocycles. The minimum absolute atomic E-state index is 0. The standard InChI is InChI=1S/C17H20N4OS.2ClH/c18-17(7-8-17)15(22)20-16-19-13-6-9-21(11-14(13)23-16)10-12-4-2-1-3-5-12;;/h1-5H,6-11,18H2,(H,19,20,22);2*1H. The molecule has 1 aromatic heterocycles. The van der Waals surface area contributed by atoms with E-state index < -0.39 is 5.54 Å². The van der Waals surface area contributed by atoms with E-state index in [1.807, 2.05) is 6.07 Å². The summed E-state index contributed by atoms with van der Waals surface area (Å²) in [5.41, 5.74) is 7.73. The number of carbonyl (C=O) groups excluding carboxylic acids is 1. The van der Waals surface area contributed by atoms with Crippen LogP contribution >= 0.6 is 36.2 Å². The molecule has 0 radical (unpaired) electrons. The van der Waals surface area contributed by atoms with Crippen LogP contribution in [0.2, 0.25) is 0 Å². The highest BCUT2D eigenvalue weighted by molar-refractivity contribution is 7.15. The van der Waals surface area contributed by atoms with Crippen LogP contribution in [0.4, 0.5) is 5.13 Å². The molecule has 136 valence electrons. The predicted octanol–water partition coefficient (Wildman–Crippen LogP) is 2.97. The lowest BCUT2D eigenvalue weighted by Gasteiger charge is -2.25. The average Bonchev–Trinajstić information content (AvgIpc) is 3.18. The smallest absolute Gasteiger partial charge is 0.246 e. The van der Waals surface area contributed by atoms with Crippen LogP contribution in [0, 0.1) is 0 Å². The number of benzene rings is 1. The minimum atomic E-state index is -0.647. The number of thiazole rings is 1. The van der Waals surface area contributed by atoms with Crippen LogP contribution in [0.25, 0.3) is 0 Å². The van der Waals surface area contributed by atoms with Crippen molar-refractivity contribution in [2.45, 2.75) is 37.9 Å². The maximum atomic E-state index is 12.0. The molecule has 1 amide bonds. The second-order valence-corrected chi connectivity index (χ2v) is 7.53. The van der Waals surface area contributed by atoms with Gasteiger partial charge in [0, 0.05) is 30.9 Å². The van der Waals surface area contributed by atoms with Gasteiger partial charge in [0.25, 0.3) is 0 Å². The summed E-state index contributed by atoms with van der Waals surface area (Å²) in [5.74, 6) is -0.0928. The summed E-state index contributed by atoms with van der Waals surface area (Å²) in [6.07, 6.45) is 2.48. The van der Waals surface area contributed by atoms with Crippen molar-refractivity contribution in [3.63, 3.8) is 0 Å². The molecule has 0 atom stereocenters. The van der Waals surface area contributed by atoms with E-state index in [0.717, 1.165) is 44.6 Å².